The molecular weight excluding hydrogens is 272 g/mol. The van der Waals surface area contributed by atoms with Crippen molar-refractivity contribution in [2.24, 2.45) is 9.98 Å². The van der Waals surface area contributed by atoms with Gasteiger partial charge in [0.05, 0.1) is 11.4 Å². The maximum atomic E-state index is 8.00. The predicted molar refractivity (Wildman–Crippen MR) is 93.0 cm³/mol. The first kappa shape index (κ1) is 15.8. The second-order valence-corrected chi connectivity index (χ2v) is 4.96. The molecule has 0 atom stereocenters. The van der Waals surface area contributed by atoms with Crippen molar-refractivity contribution in [3.05, 3.63) is 59.7 Å². The van der Waals surface area contributed by atoms with Gasteiger partial charge in [0.25, 0.3) is 0 Å². The molecule has 0 fully saturated rings. The van der Waals surface area contributed by atoms with Gasteiger partial charge in [-0.05, 0) is 48.9 Å². The number of fused-ring (bicyclic) bond motifs is 2. The molecule has 3 nitrogen and oxygen atoms in total. The quantitative estimate of drug-likeness (QED) is 0.705. The third-order valence-electron chi connectivity index (χ3n) is 3.53. The topological polar surface area (TPSA) is 41.8 Å². The summed E-state index contributed by atoms with van der Waals surface area (Å²) in [4.78, 5) is 16.5. The lowest BCUT2D eigenvalue weighted by Crippen LogP contribution is -1.91. The molecule has 0 saturated heterocycles. The highest BCUT2D eigenvalue weighted by atomic mass is 16.1. The zero-order valence-corrected chi connectivity index (χ0v) is 12.6. The molecule has 22 heavy (non-hydrogen) atoms. The van der Waals surface area contributed by atoms with Crippen molar-refractivity contribution in [3.8, 4) is 0 Å². The van der Waals surface area contributed by atoms with Crippen molar-refractivity contribution in [3.63, 3.8) is 0 Å². The van der Waals surface area contributed by atoms with Crippen LogP contribution < -0.4 is 0 Å². The molecule has 0 bridgehead atoms. The summed E-state index contributed by atoms with van der Waals surface area (Å²) >= 11 is 0. The smallest absolute Gasteiger partial charge is 0.106 e. The molecule has 2 aromatic carbocycles. The standard InChI is InChI=1S/2C9H9N.CH2O/c2*1-2-6-9-8(4-1)5-3-7-10-9;1-2/h2*1-2,4,6-7H,3,5H2;1H2. The first-order valence-corrected chi connectivity index (χ1v) is 7.43. The van der Waals surface area contributed by atoms with Crippen LogP contribution >= 0.6 is 0 Å². The zero-order chi connectivity index (χ0) is 15.6. The number of carbonyl (C=O) groups is 1. The zero-order valence-electron chi connectivity index (χ0n) is 12.6. The normalized spacial score (nSPS) is 13.6. The number of aryl methyl sites for hydroxylation is 2. The molecule has 0 saturated carbocycles. The number of hydrogen-bond donors (Lipinski definition) is 0. The average Bonchev–Trinajstić information content (AvgIpc) is 2.64. The van der Waals surface area contributed by atoms with E-state index in [2.05, 4.69) is 46.4 Å². The van der Waals surface area contributed by atoms with Crippen LogP contribution in [0.15, 0.2) is 58.5 Å². The van der Waals surface area contributed by atoms with Crippen molar-refractivity contribution in [1.82, 2.24) is 0 Å². The summed E-state index contributed by atoms with van der Waals surface area (Å²) in [5.41, 5.74) is 5.05. The first-order chi connectivity index (χ1) is 10.9. The minimum absolute atomic E-state index is 1.09. The first-order valence-electron chi connectivity index (χ1n) is 7.43. The van der Waals surface area contributed by atoms with E-state index >= 15 is 0 Å². The largest absolute Gasteiger partial charge is 0.307 e. The number of benzene rings is 2. The molecule has 4 rings (SSSR count). The lowest BCUT2D eigenvalue weighted by atomic mass is 10.1. The molecule has 0 spiro atoms. The van der Waals surface area contributed by atoms with E-state index in [1.807, 2.05) is 31.4 Å². The summed E-state index contributed by atoms with van der Waals surface area (Å²) in [6.45, 7) is 2.00. The van der Waals surface area contributed by atoms with Gasteiger partial charge < -0.3 is 4.79 Å². The van der Waals surface area contributed by atoms with E-state index in [0.717, 1.165) is 37.1 Å². The monoisotopic (exact) mass is 292 g/mol. The van der Waals surface area contributed by atoms with Crippen molar-refractivity contribution in [2.45, 2.75) is 25.7 Å². The molecule has 0 aromatic heterocycles. The van der Waals surface area contributed by atoms with E-state index in [4.69, 9.17) is 4.79 Å². The number of hydrogen-bond acceptors (Lipinski definition) is 3. The fourth-order valence-electron chi connectivity index (χ4n) is 2.46. The molecule has 0 aliphatic carbocycles. The van der Waals surface area contributed by atoms with Crippen LogP contribution in [0.5, 0.6) is 0 Å². The van der Waals surface area contributed by atoms with Gasteiger partial charge in [-0.1, -0.05) is 36.4 Å². The Hall–Kier alpha value is -2.55. The average molecular weight is 292 g/mol. The maximum absolute atomic E-state index is 8.00. The fraction of sp³-hybridized carbons (Fsp3) is 0.211. The molecule has 3 heteroatoms. The summed E-state index contributed by atoms with van der Waals surface area (Å²) in [6, 6.07) is 16.6. The Balaban J connectivity index is 0.000000144. The molecule has 2 aromatic rings. The molecule has 0 N–H and O–H groups in total. The molecule has 112 valence electrons. The minimum atomic E-state index is 1.09. The van der Waals surface area contributed by atoms with Gasteiger partial charge in [0.1, 0.15) is 6.79 Å². The second kappa shape index (κ2) is 8.67. The highest BCUT2D eigenvalue weighted by molar-refractivity contribution is 5.69. The van der Waals surface area contributed by atoms with Gasteiger partial charge in [0.2, 0.25) is 0 Å². The SMILES string of the molecule is C1=Nc2ccccc2CC1.C1=Nc2ccccc2CC1.C=O. The Kier molecular flexibility index (Phi) is 6.24. The molecule has 2 aliphatic rings. The van der Waals surface area contributed by atoms with E-state index < -0.39 is 0 Å². The van der Waals surface area contributed by atoms with E-state index in [0.29, 0.717) is 0 Å². The number of carbonyl (C=O) groups excluding carboxylic acids is 1. The number of nitrogens with zero attached hydrogens (tertiary/aromatic N) is 2. The summed E-state index contributed by atoms with van der Waals surface area (Å²) in [7, 11) is 0. The molecular formula is C19H20N2O. The molecule has 2 heterocycles. The van der Waals surface area contributed by atoms with E-state index in [-0.39, 0.29) is 0 Å². The van der Waals surface area contributed by atoms with Crippen LogP contribution in [0.1, 0.15) is 24.0 Å². The summed E-state index contributed by atoms with van der Waals surface area (Å²) in [5.74, 6) is 0. The van der Waals surface area contributed by atoms with Crippen molar-refractivity contribution in [2.75, 3.05) is 0 Å². The van der Waals surface area contributed by atoms with Crippen LogP contribution in [-0.4, -0.2) is 19.2 Å². The number of rotatable bonds is 0. The minimum Gasteiger partial charge on any atom is -0.307 e. The lowest BCUT2D eigenvalue weighted by Gasteiger charge is -2.07. The van der Waals surface area contributed by atoms with Gasteiger partial charge in [-0.25, -0.2) is 0 Å². The van der Waals surface area contributed by atoms with Gasteiger partial charge in [-0.15, -0.1) is 0 Å². The van der Waals surface area contributed by atoms with Crippen molar-refractivity contribution < 1.29 is 4.79 Å². The Labute approximate surface area is 131 Å². The highest BCUT2D eigenvalue weighted by Crippen LogP contribution is 2.23. The predicted octanol–water partition coefficient (Wildman–Crippen LogP) is 4.49. The molecule has 0 radical (unpaired) electrons. The van der Waals surface area contributed by atoms with E-state index in [1.54, 1.807) is 0 Å². The van der Waals surface area contributed by atoms with Crippen LogP contribution in [0.4, 0.5) is 11.4 Å². The van der Waals surface area contributed by atoms with Crippen LogP contribution in [0.3, 0.4) is 0 Å². The fourth-order valence-corrected chi connectivity index (χ4v) is 2.46. The number of aliphatic imine (C=N–C) groups is 2. The molecule has 0 unspecified atom stereocenters. The van der Waals surface area contributed by atoms with E-state index in [9.17, 15) is 0 Å². The van der Waals surface area contributed by atoms with Crippen LogP contribution in [-0.2, 0) is 17.6 Å². The number of para-hydroxylation sites is 2. The molecule has 2 aliphatic heterocycles. The van der Waals surface area contributed by atoms with Gasteiger partial charge in [0.15, 0.2) is 0 Å². The lowest BCUT2D eigenvalue weighted by molar-refractivity contribution is -0.0979. The van der Waals surface area contributed by atoms with Gasteiger partial charge >= 0.3 is 0 Å². The van der Waals surface area contributed by atoms with Crippen LogP contribution in [0, 0.1) is 0 Å². The Morgan fingerprint density at radius 2 is 1.09 bits per heavy atom. The summed E-state index contributed by atoms with van der Waals surface area (Å²) < 4.78 is 0. The Bertz CT molecular complexity index is 604. The highest BCUT2D eigenvalue weighted by Gasteiger charge is 2.02. The molecule has 0 amide bonds. The third kappa shape index (κ3) is 4.22. The second-order valence-electron chi connectivity index (χ2n) is 4.96. The Morgan fingerprint density at radius 3 is 1.50 bits per heavy atom. The van der Waals surface area contributed by atoms with Gasteiger partial charge in [0, 0.05) is 12.4 Å². The Morgan fingerprint density at radius 1 is 0.682 bits per heavy atom. The van der Waals surface area contributed by atoms with Crippen LogP contribution in [0.25, 0.3) is 0 Å². The maximum Gasteiger partial charge on any atom is 0.106 e. The summed E-state index contributed by atoms with van der Waals surface area (Å²) in [6.07, 6.45) is 8.47. The van der Waals surface area contributed by atoms with Crippen LogP contribution in [0.2, 0.25) is 0 Å². The summed E-state index contributed by atoms with van der Waals surface area (Å²) in [5, 5.41) is 0. The third-order valence-corrected chi connectivity index (χ3v) is 3.53. The van der Waals surface area contributed by atoms with E-state index in [1.165, 1.54) is 11.1 Å². The van der Waals surface area contributed by atoms with Gasteiger partial charge in [-0.3, -0.25) is 9.98 Å². The van der Waals surface area contributed by atoms with Crippen molar-refractivity contribution >= 4 is 30.6 Å². The van der Waals surface area contributed by atoms with Gasteiger partial charge in [-0.2, -0.15) is 0 Å². The van der Waals surface area contributed by atoms with Crippen molar-refractivity contribution in [1.29, 1.82) is 0 Å².